The molecule has 2 heterocycles. The van der Waals surface area contributed by atoms with Crippen molar-refractivity contribution in [3.8, 4) is 0 Å². The summed E-state index contributed by atoms with van der Waals surface area (Å²) >= 11 is 0. The zero-order valence-corrected chi connectivity index (χ0v) is 12.7. The summed E-state index contributed by atoms with van der Waals surface area (Å²) < 4.78 is 5.36. The number of nitrogen functional groups attached to an aromatic ring is 1. The number of morpholine rings is 1. The van der Waals surface area contributed by atoms with Gasteiger partial charge in [0.05, 0.1) is 31.1 Å². The summed E-state index contributed by atoms with van der Waals surface area (Å²) in [6.45, 7) is 5.11. The number of nitrogens with zero attached hydrogens (tertiary/aromatic N) is 3. The van der Waals surface area contributed by atoms with E-state index in [1.807, 2.05) is 18.2 Å². The zero-order valence-electron chi connectivity index (χ0n) is 12.7. The Kier molecular flexibility index (Phi) is 4.39. The van der Waals surface area contributed by atoms with E-state index in [0.717, 1.165) is 13.1 Å². The summed E-state index contributed by atoms with van der Waals surface area (Å²) in [4.78, 5) is 11.0. The average Bonchev–Trinajstić information content (AvgIpc) is 2.58. The van der Waals surface area contributed by atoms with Gasteiger partial charge in [-0.2, -0.15) is 4.98 Å². The number of nitrogens with one attached hydrogen (secondary N) is 1. The molecule has 116 valence electrons. The molecule has 0 radical (unpaired) electrons. The van der Waals surface area contributed by atoms with Crippen LogP contribution in [0.1, 0.15) is 18.5 Å². The number of ether oxygens (including phenoxy) is 1. The maximum atomic E-state index is 6.01. The Labute approximate surface area is 130 Å². The van der Waals surface area contributed by atoms with E-state index in [2.05, 4.69) is 39.2 Å². The maximum absolute atomic E-state index is 6.01. The highest BCUT2D eigenvalue weighted by Crippen LogP contribution is 2.24. The van der Waals surface area contributed by atoms with Gasteiger partial charge in [-0.3, -0.25) is 0 Å². The summed E-state index contributed by atoms with van der Waals surface area (Å²) in [5.41, 5.74) is 7.76. The van der Waals surface area contributed by atoms with Gasteiger partial charge < -0.3 is 20.7 Å². The fourth-order valence-corrected chi connectivity index (χ4v) is 2.44. The van der Waals surface area contributed by atoms with E-state index in [9.17, 15) is 0 Å². The molecule has 1 saturated heterocycles. The third-order valence-electron chi connectivity index (χ3n) is 3.75. The maximum Gasteiger partial charge on any atom is 0.227 e. The van der Waals surface area contributed by atoms with Crippen molar-refractivity contribution >= 4 is 17.5 Å². The molecule has 1 atom stereocenters. The van der Waals surface area contributed by atoms with Crippen LogP contribution in [0.3, 0.4) is 0 Å². The highest BCUT2D eigenvalue weighted by atomic mass is 16.5. The van der Waals surface area contributed by atoms with Crippen LogP contribution in [0.2, 0.25) is 0 Å². The first-order valence-corrected chi connectivity index (χ1v) is 7.51. The fourth-order valence-electron chi connectivity index (χ4n) is 2.44. The fraction of sp³-hybridized carbons (Fsp3) is 0.375. The van der Waals surface area contributed by atoms with Crippen molar-refractivity contribution in [3.63, 3.8) is 0 Å². The predicted molar refractivity (Wildman–Crippen MR) is 88.0 cm³/mol. The normalized spacial score (nSPS) is 16.3. The standard InChI is InChI=1S/C16H21N5O/c1-12(13-5-3-2-4-6-13)19-15-14(17)11-18-16(20-15)21-7-9-22-10-8-21/h2-6,11-12H,7-10,17H2,1H3,(H,18,19,20). The molecule has 1 aliphatic heterocycles. The number of hydrogen-bond donors (Lipinski definition) is 2. The van der Waals surface area contributed by atoms with Crippen molar-refractivity contribution in [2.24, 2.45) is 0 Å². The van der Waals surface area contributed by atoms with Crippen molar-refractivity contribution in [1.29, 1.82) is 0 Å². The van der Waals surface area contributed by atoms with Crippen molar-refractivity contribution in [2.45, 2.75) is 13.0 Å². The second-order valence-electron chi connectivity index (χ2n) is 5.35. The lowest BCUT2D eigenvalue weighted by Crippen LogP contribution is -2.37. The van der Waals surface area contributed by atoms with Gasteiger partial charge in [-0.05, 0) is 12.5 Å². The Bertz CT molecular complexity index is 613. The number of benzene rings is 1. The number of anilines is 3. The lowest BCUT2D eigenvalue weighted by molar-refractivity contribution is 0.122. The van der Waals surface area contributed by atoms with Gasteiger partial charge in [0, 0.05) is 13.1 Å². The Morgan fingerprint density at radius 3 is 2.68 bits per heavy atom. The molecule has 1 aromatic carbocycles. The quantitative estimate of drug-likeness (QED) is 0.900. The summed E-state index contributed by atoms with van der Waals surface area (Å²) in [5.74, 6) is 1.37. The molecule has 0 aliphatic carbocycles. The van der Waals surface area contributed by atoms with Gasteiger partial charge in [0.25, 0.3) is 0 Å². The zero-order chi connectivity index (χ0) is 15.4. The molecule has 3 rings (SSSR count). The number of rotatable bonds is 4. The van der Waals surface area contributed by atoms with Crippen LogP contribution in [0.25, 0.3) is 0 Å². The van der Waals surface area contributed by atoms with Crippen LogP contribution in [-0.2, 0) is 4.74 Å². The van der Waals surface area contributed by atoms with E-state index in [1.54, 1.807) is 6.20 Å². The molecule has 22 heavy (non-hydrogen) atoms. The van der Waals surface area contributed by atoms with Crippen LogP contribution in [0.15, 0.2) is 36.5 Å². The molecule has 0 saturated carbocycles. The van der Waals surface area contributed by atoms with Gasteiger partial charge in [-0.15, -0.1) is 0 Å². The second kappa shape index (κ2) is 6.62. The SMILES string of the molecule is CC(Nc1nc(N2CCOCC2)ncc1N)c1ccccc1. The minimum atomic E-state index is 0.121. The largest absolute Gasteiger partial charge is 0.394 e. The van der Waals surface area contributed by atoms with E-state index in [1.165, 1.54) is 5.56 Å². The topological polar surface area (TPSA) is 76.3 Å². The molecule has 1 aromatic heterocycles. The molecule has 0 bridgehead atoms. The Balaban J connectivity index is 1.77. The number of nitrogens with two attached hydrogens (primary N) is 1. The van der Waals surface area contributed by atoms with E-state index >= 15 is 0 Å². The molecule has 3 N–H and O–H groups in total. The molecule has 6 heteroatoms. The Morgan fingerprint density at radius 1 is 1.23 bits per heavy atom. The first-order valence-electron chi connectivity index (χ1n) is 7.51. The Morgan fingerprint density at radius 2 is 1.95 bits per heavy atom. The van der Waals surface area contributed by atoms with Gasteiger partial charge in [-0.25, -0.2) is 4.98 Å². The van der Waals surface area contributed by atoms with E-state index in [0.29, 0.717) is 30.7 Å². The van der Waals surface area contributed by atoms with Gasteiger partial charge in [0.15, 0.2) is 5.82 Å². The molecule has 1 unspecified atom stereocenters. The predicted octanol–water partition coefficient (Wildman–Crippen LogP) is 2.07. The van der Waals surface area contributed by atoms with Crippen LogP contribution >= 0.6 is 0 Å². The second-order valence-corrected chi connectivity index (χ2v) is 5.35. The highest BCUT2D eigenvalue weighted by molar-refractivity contribution is 5.62. The summed E-state index contributed by atoms with van der Waals surface area (Å²) in [7, 11) is 0. The Hall–Kier alpha value is -2.34. The van der Waals surface area contributed by atoms with E-state index in [-0.39, 0.29) is 6.04 Å². The van der Waals surface area contributed by atoms with Crippen molar-refractivity contribution in [3.05, 3.63) is 42.1 Å². The van der Waals surface area contributed by atoms with Gasteiger partial charge in [0.1, 0.15) is 0 Å². The third-order valence-corrected chi connectivity index (χ3v) is 3.75. The van der Waals surface area contributed by atoms with Crippen molar-refractivity contribution in [1.82, 2.24) is 9.97 Å². The van der Waals surface area contributed by atoms with Crippen LogP contribution in [0.4, 0.5) is 17.5 Å². The summed E-state index contributed by atoms with van der Waals surface area (Å²) in [6.07, 6.45) is 1.66. The number of aromatic nitrogens is 2. The van der Waals surface area contributed by atoms with Gasteiger partial charge in [0.2, 0.25) is 5.95 Å². The van der Waals surface area contributed by atoms with Crippen LogP contribution in [0, 0.1) is 0 Å². The molecule has 6 nitrogen and oxygen atoms in total. The molecule has 0 spiro atoms. The molecular formula is C16H21N5O. The smallest absolute Gasteiger partial charge is 0.227 e. The van der Waals surface area contributed by atoms with E-state index < -0.39 is 0 Å². The highest BCUT2D eigenvalue weighted by Gasteiger charge is 2.16. The molecule has 1 fully saturated rings. The first kappa shape index (κ1) is 14.6. The van der Waals surface area contributed by atoms with Crippen molar-refractivity contribution < 1.29 is 4.74 Å². The molecule has 0 amide bonds. The van der Waals surface area contributed by atoms with Crippen LogP contribution in [0.5, 0.6) is 0 Å². The van der Waals surface area contributed by atoms with Crippen LogP contribution < -0.4 is 16.0 Å². The monoisotopic (exact) mass is 299 g/mol. The first-order chi connectivity index (χ1) is 10.7. The molecular weight excluding hydrogens is 278 g/mol. The minimum Gasteiger partial charge on any atom is -0.394 e. The lowest BCUT2D eigenvalue weighted by Gasteiger charge is -2.27. The van der Waals surface area contributed by atoms with Gasteiger partial charge in [-0.1, -0.05) is 30.3 Å². The summed E-state index contributed by atoms with van der Waals surface area (Å²) in [5, 5.41) is 3.37. The van der Waals surface area contributed by atoms with Crippen LogP contribution in [-0.4, -0.2) is 36.3 Å². The van der Waals surface area contributed by atoms with Gasteiger partial charge >= 0.3 is 0 Å². The molecule has 1 aliphatic rings. The third kappa shape index (κ3) is 3.28. The number of hydrogen-bond acceptors (Lipinski definition) is 6. The minimum absolute atomic E-state index is 0.121. The average molecular weight is 299 g/mol. The van der Waals surface area contributed by atoms with Crippen molar-refractivity contribution in [2.75, 3.05) is 42.3 Å². The molecule has 2 aromatic rings. The van der Waals surface area contributed by atoms with E-state index in [4.69, 9.17) is 10.5 Å². The lowest BCUT2D eigenvalue weighted by atomic mass is 10.1. The summed E-state index contributed by atoms with van der Waals surface area (Å²) in [6, 6.07) is 10.3.